The molecule has 0 spiro atoms. The maximum Gasteiger partial charge on any atom is 0.271 e. The highest BCUT2D eigenvalue weighted by Gasteiger charge is 2.09. The van der Waals surface area contributed by atoms with Crippen molar-refractivity contribution in [2.75, 3.05) is 0 Å². The molecule has 4 rings (SSSR count). The van der Waals surface area contributed by atoms with Crippen LogP contribution in [0, 0.1) is 3.57 Å². The van der Waals surface area contributed by atoms with Gasteiger partial charge in [0.2, 0.25) is 0 Å². The van der Waals surface area contributed by atoms with Crippen LogP contribution < -0.4 is 10.2 Å². The molecular weight excluding hydrogens is 567 g/mol. The van der Waals surface area contributed by atoms with Crippen LogP contribution in [0.3, 0.4) is 0 Å². The van der Waals surface area contributed by atoms with Gasteiger partial charge in [0.25, 0.3) is 5.91 Å². The fourth-order valence-electron chi connectivity index (χ4n) is 3.10. The summed E-state index contributed by atoms with van der Waals surface area (Å²) in [5.74, 6) is 0.444. The second-order valence-electron chi connectivity index (χ2n) is 6.82. The Bertz CT molecular complexity index is 1240. The van der Waals surface area contributed by atoms with E-state index in [2.05, 4.69) is 49.0 Å². The Morgan fingerprint density at radius 2 is 1.71 bits per heavy atom. The van der Waals surface area contributed by atoms with Crippen molar-refractivity contribution in [3.05, 3.63) is 110 Å². The molecule has 0 aromatic heterocycles. The van der Waals surface area contributed by atoms with Gasteiger partial charge in [0, 0.05) is 19.2 Å². The summed E-state index contributed by atoms with van der Waals surface area (Å²) in [6, 6.07) is 27.3. The number of hydrazone groups is 1. The number of amides is 1. The van der Waals surface area contributed by atoms with Crippen LogP contribution in [0.4, 0.5) is 0 Å². The summed E-state index contributed by atoms with van der Waals surface area (Å²) >= 11 is 5.65. The Balaban J connectivity index is 1.57. The number of hydrogen-bond acceptors (Lipinski definition) is 3. The number of carbonyl (C=O) groups excluding carboxylic acids is 1. The first kappa shape index (κ1) is 21.5. The predicted molar refractivity (Wildman–Crippen MR) is 137 cm³/mol. The minimum Gasteiger partial charge on any atom is -0.488 e. The van der Waals surface area contributed by atoms with Crippen LogP contribution in [0.5, 0.6) is 5.75 Å². The summed E-state index contributed by atoms with van der Waals surface area (Å²) in [5, 5.41) is 6.28. The first-order valence-electron chi connectivity index (χ1n) is 9.58. The lowest BCUT2D eigenvalue weighted by Gasteiger charge is -2.12. The number of rotatable bonds is 6. The topological polar surface area (TPSA) is 50.7 Å². The number of hydrogen-bond donors (Lipinski definition) is 1. The molecule has 1 N–H and O–H groups in total. The zero-order valence-corrected chi connectivity index (χ0v) is 20.1. The largest absolute Gasteiger partial charge is 0.488 e. The average Bonchev–Trinajstić information content (AvgIpc) is 2.79. The van der Waals surface area contributed by atoms with E-state index in [9.17, 15) is 4.79 Å². The van der Waals surface area contributed by atoms with Crippen molar-refractivity contribution >= 4 is 61.4 Å². The SMILES string of the molecule is O=C(N/N=C\c1c(OCc2ccc(Br)cc2)ccc2ccccc12)c1ccc(I)cc1. The highest BCUT2D eigenvalue weighted by Crippen LogP contribution is 2.27. The molecule has 0 saturated heterocycles. The van der Waals surface area contributed by atoms with Crippen LogP contribution >= 0.6 is 38.5 Å². The van der Waals surface area contributed by atoms with E-state index in [4.69, 9.17) is 4.74 Å². The van der Waals surface area contributed by atoms with Gasteiger partial charge in [-0.15, -0.1) is 0 Å². The van der Waals surface area contributed by atoms with E-state index in [0.29, 0.717) is 17.9 Å². The maximum absolute atomic E-state index is 12.4. The van der Waals surface area contributed by atoms with E-state index in [1.807, 2.05) is 72.8 Å². The second-order valence-corrected chi connectivity index (χ2v) is 8.98. The summed E-state index contributed by atoms with van der Waals surface area (Å²) in [5.41, 5.74) is 5.04. The molecular formula is C25H18BrIN2O2. The lowest BCUT2D eigenvalue weighted by atomic mass is 10.0. The number of halogens is 2. The molecule has 4 aromatic rings. The van der Waals surface area contributed by atoms with E-state index in [0.717, 1.165) is 29.9 Å². The second kappa shape index (κ2) is 10.1. The standard InChI is InChI=1S/C25H18BrIN2O2/c26-20-10-5-17(6-11-20)16-31-24-14-9-18-3-1-2-4-22(18)23(24)15-28-29-25(30)19-7-12-21(27)13-8-19/h1-15H,16H2,(H,29,30)/b28-15-. The smallest absolute Gasteiger partial charge is 0.271 e. The Morgan fingerprint density at radius 3 is 2.48 bits per heavy atom. The number of ether oxygens (including phenoxy) is 1. The van der Waals surface area contributed by atoms with Gasteiger partial charge in [0.15, 0.2) is 0 Å². The molecule has 0 saturated carbocycles. The molecule has 0 bridgehead atoms. The molecule has 31 heavy (non-hydrogen) atoms. The minimum atomic E-state index is -0.259. The molecule has 1 amide bonds. The van der Waals surface area contributed by atoms with E-state index in [1.165, 1.54) is 0 Å². The first-order chi connectivity index (χ1) is 15.1. The molecule has 4 aromatic carbocycles. The predicted octanol–water partition coefficient (Wildman–Crippen LogP) is 6.55. The maximum atomic E-state index is 12.4. The number of nitrogens with zero attached hydrogens (tertiary/aromatic N) is 1. The summed E-state index contributed by atoms with van der Waals surface area (Å²) in [6.45, 7) is 0.432. The van der Waals surface area contributed by atoms with Crippen LogP contribution in [-0.4, -0.2) is 12.1 Å². The Kier molecular flexibility index (Phi) is 6.99. The monoisotopic (exact) mass is 584 g/mol. The van der Waals surface area contributed by atoms with Crippen molar-refractivity contribution in [1.29, 1.82) is 0 Å². The third-order valence-electron chi connectivity index (χ3n) is 4.70. The van der Waals surface area contributed by atoms with Gasteiger partial charge >= 0.3 is 0 Å². The minimum absolute atomic E-state index is 0.259. The number of fused-ring (bicyclic) bond motifs is 1. The quantitative estimate of drug-likeness (QED) is 0.159. The zero-order valence-electron chi connectivity index (χ0n) is 16.4. The number of benzene rings is 4. The highest BCUT2D eigenvalue weighted by molar-refractivity contribution is 14.1. The van der Waals surface area contributed by atoms with E-state index in [1.54, 1.807) is 18.3 Å². The molecule has 0 fully saturated rings. The molecule has 0 aliphatic carbocycles. The van der Waals surface area contributed by atoms with Gasteiger partial charge in [-0.2, -0.15) is 5.10 Å². The molecule has 0 atom stereocenters. The third-order valence-corrected chi connectivity index (χ3v) is 5.95. The molecule has 6 heteroatoms. The van der Waals surface area contributed by atoms with Crippen LogP contribution in [0.2, 0.25) is 0 Å². The van der Waals surface area contributed by atoms with Crippen molar-refractivity contribution in [3.8, 4) is 5.75 Å². The molecule has 0 unspecified atom stereocenters. The number of nitrogens with one attached hydrogen (secondary N) is 1. The van der Waals surface area contributed by atoms with Crippen molar-refractivity contribution in [2.24, 2.45) is 5.10 Å². The molecule has 0 aliphatic rings. The summed E-state index contributed by atoms with van der Waals surface area (Å²) in [6.07, 6.45) is 1.64. The lowest BCUT2D eigenvalue weighted by Crippen LogP contribution is -2.17. The fourth-order valence-corrected chi connectivity index (χ4v) is 3.72. The third kappa shape index (κ3) is 5.51. The molecule has 4 nitrogen and oxygen atoms in total. The van der Waals surface area contributed by atoms with Gasteiger partial charge in [-0.25, -0.2) is 5.43 Å². The van der Waals surface area contributed by atoms with Crippen LogP contribution in [0.25, 0.3) is 10.8 Å². The fraction of sp³-hybridized carbons (Fsp3) is 0.0400. The Labute approximate surface area is 202 Å². The molecule has 0 radical (unpaired) electrons. The van der Waals surface area contributed by atoms with Gasteiger partial charge in [0.05, 0.1) is 6.21 Å². The van der Waals surface area contributed by atoms with Crippen LogP contribution in [0.15, 0.2) is 94.5 Å². The molecule has 0 heterocycles. The van der Waals surface area contributed by atoms with E-state index >= 15 is 0 Å². The van der Waals surface area contributed by atoms with Gasteiger partial charge in [-0.1, -0.05) is 58.4 Å². The summed E-state index contributed by atoms with van der Waals surface area (Å²) in [7, 11) is 0. The summed E-state index contributed by atoms with van der Waals surface area (Å²) in [4.78, 5) is 12.4. The van der Waals surface area contributed by atoms with E-state index in [-0.39, 0.29) is 5.91 Å². The lowest BCUT2D eigenvalue weighted by molar-refractivity contribution is 0.0955. The van der Waals surface area contributed by atoms with Crippen molar-refractivity contribution in [3.63, 3.8) is 0 Å². The van der Waals surface area contributed by atoms with E-state index < -0.39 is 0 Å². The summed E-state index contributed by atoms with van der Waals surface area (Å²) < 4.78 is 8.20. The Hall–Kier alpha value is -2.71. The highest BCUT2D eigenvalue weighted by atomic mass is 127. The zero-order chi connectivity index (χ0) is 21.6. The van der Waals surface area contributed by atoms with Crippen molar-refractivity contribution < 1.29 is 9.53 Å². The average molecular weight is 585 g/mol. The normalized spacial score (nSPS) is 11.0. The first-order valence-corrected chi connectivity index (χ1v) is 11.5. The van der Waals surface area contributed by atoms with Crippen molar-refractivity contribution in [2.45, 2.75) is 6.61 Å². The van der Waals surface area contributed by atoms with Crippen LogP contribution in [0.1, 0.15) is 21.5 Å². The Morgan fingerprint density at radius 1 is 0.968 bits per heavy atom. The van der Waals surface area contributed by atoms with Gasteiger partial charge in [-0.05, 0) is 81.4 Å². The van der Waals surface area contributed by atoms with Gasteiger partial charge < -0.3 is 4.74 Å². The molecule has 0 aliphatic heterocycles. The van der Waals surface area contributed by atoms with Gasteiger partial charge in [0.1, 0.15) is 12.4 Å². The van der Waals surface area contributed by atoms with Gasteiger partial charge in [-0.3, -0.25) is 4.79 Å². The van der Waals surface area contributed by atoms with Crippen molar-refractivity contribution in [1.82, 2.24) is 5.43 Å². The molecule has 154 valence electrons. The number of carbonyl (C=O) groups is 1. The van der Waals surface area contributed by atoms with Crippen LogP contribution in [-0.2, 0) is 6.61 Å².